The maximum Gasteiger partial charge on any atom is 0.153 e. The molecule has 0 amide bonds. The zero-order valence-corrected chi connectivity index (χ0v) is 14.3. The quantitative estimate of drug-likeness (QED) is 0.770. The number of hydrogen-bond acceptors (Lipinski definition) is 4. The van der Waals surface area contributed by atoms with Gasteiger partial charge in [0.1, 0.15) is 12.4 Å². The van der Waals surface area contributed by atoms with Crippen molar-refractivity contribution in [3.05, 3.63) is 28.2 Å². The van der Waals surface area contributed by atoms with E-state index < -0.39 is 9.84 Å². The normalized spacial score (nSPS) is 13.2. The second-order valence-corrected chi connectivity index (χ2v) is 8.10. The minimum Gasteiger partial charge on any atom is -0.492 e. The highest BCUT2D eigenvalue weighted by Gasteiger charge is 2.11. The lowest BCUT2D eigenvalue weighted by Gasteiger charge is -2.15. The van der Waals surface area contributed by atoms with Gasteiger partial charge in [0.15, 0.2) is 9.84 Å². The monoisotopic (exact) mass is 363 g/mol. The van der Waals surface area contributed by atoms with E-state index in [9.17, 15) is 8.42 Å². The van der Waals surface area contributed by atoms with Crippen molar-refractivity contribution in [2.75, 3.05) is 18.1 Å². The van der Waals surface area contributed by atoms with Gasteiger partial charge in [-0.25, -0.2) is 8.42 Å². The summed E-state index contributed by atoms with van der Waals surface area (Å²) in [7, 11) is -3.00. The Morgan fingerprint density at radius 2 is 2.05 bits per heavy atom. The van der Waals surface area contributed by atoms with E-state index in [1.807, 2.05) is 25.1 Å². The maximum atomic E-state index is 11.4. The van der Waals surface area contributed by atoms with Gasteiger partial charge in [0.25, 0.3) is 0 Å². The van der Waals surface area contributed by atoms with Gasteiger partial charge in [0.05, 0.1) is 5.75 Å². The van der Waals surface area contributed by atoms with Gasteiger partial charge in [-0.2, -0.15) is 0 Å². The fourth-order valence-electron chi connectivity index (χ4n) is 1.70. The van der Waals surface area contributed by atoms with Crippen molar-refractivity contribution in [2.45, 2.75) is 32.7 Å². The molecule has 0 aliphatic carbocycles. The van der Waals surface area contributed by atoms with Gasteiger partial charge in [-0.3, -0.25) is 0 Å². The van der Waals surface area contributed by atoms with Crippen molar-refractivity contribution in [2.24, 2.45) is 5.73 Å². The van der Waals surface area contributed by atoms with Crippen LogP contribution in [0.15, 0.2) is 22.7 Å². The van der Waals surface area contributed by atoms with Crippen LogP contribution in [0.3, 0.4) is 0 Å². The molecule has 20 heavy (non-hydrogen) atoms. The van der Waals surface area contributed by atoms with E-state index in [-0.39, 0.29) is 24.2 Å². The van der Waals surface area contributed by atoms with E-state index in [0.29, 0.717) is 12.2 Å². The van der Waals surface area contributed by atoms with Crippen molar-refractivity contribution in [1.29, 1.82) is 0 Å². The van der Waals surface area contributed by atoms with Crippen molar-refractivity contribution < 1.29 is 13.2 Å². The zero-order valence-electron chi connectivity index (χ0n) is 11.9. The zero-order chi connectivity index (χ0) is 15.2. The minimum absolute atomic E-state index is 0.0405. The molecule has 0 spiro atoms. The second kappa shape index (κ2) is 8.00. The Balaban J connectivity index is 2.74. The highest BCUT2D eigenvalue weighted by Crippen LogP contribution is 2.24. The molecule has 0 aliphatic heterocycles. The summed E-state index contributed by atoms with van der Waals surface area (Å²) < 4.78 is 29.5. The Morgan fingerprint density at radius 3 is 2.65 bits per heavy atom. The predicted molar refractivity (Wildman–Crippen MR) is 85.9 cm³/mol. The summed E-state index contributed by atoms with van der Waals surface area (Å²) in [6.07, 6.45) is 1.60. The van der Waals surface area contributed by atoms with Crippen LogP contribution >= 0.6 is 15.9 Å². The Hall–Kier alpha value is -0.590. The lowest BCUT2D eigenvalue weighted by Crippen LogP contribution is -2.22. The first-order valence-electron chi connectivity index (χ1n) is 6.75. The standard InChI is InChI=1S/C14H22BrNO3S/c1-3-13(16)10-11-9-12(15)5-6-14(11)19-7-8-20(17,18)4-2/h5-6,9,13H,3-4,7-8,10,16H2,1-2H3. The Morgan fingerprint density at radius 1 is 1.35 bits per heavy atom. The van der Waals surface area contributed by atoms with Crippen LogP contribution in [0.2, 0.25) is 0 Å². The molecule has 114 valence electrons. The molecule has 1 rings (SSSR count). The molecule has 6 heteroatoms. The van der Waals surface area contributed by atoms with Crippen LogP contribution in [0.1, 0.15) is 25.8 Å². The smallest absolute Gasteiger partial charge is 0.153 e. The molecular formula is C14H22BrNO3S. The molecule has 0 aliphatic rings. The molecule has 2 N–H and O–H groups in total. The maximum absolute atomic E-state index is 11.4. The average molecular weight is 364 g/mol. The van der Waals surface area contributed by atoms with Crippen molar-refractivity contribution in [3.63, 3.8) is 0 Å². The predicted octanol–water partition coefficient (Wildman–Crippen LogP) is 2.54. The lowest BCUT2D eigenvalue weighted by molar-refractivity contribution is 0.336. The molecule has 0 saturated heterocycles. The molecule has 1 unspecified atom stereocenters. The van der Waals surface area contributed by atoms with Crippen LogP contribution in [0, 0.1) is 0 Å². The van der Waals surface area contributed by atoms with Crippen molar-refractivity contribution in [1.82, 2.24) is 0 Å². The first kappa shape index (κ1) is 17.5. The minimum atomic E-state index is -3.00. The number of hydrogen-bond donors (Lipinski definition) is 1. The fourth-order valence-corrected chi connectivity index (χ4v) is 2.73. The Bertz CT molecular complexity index is 531. The Kier molecular flexibility index (Phi) is 6.99. The SMILES string of the molecule is CCC(N)Cc1cc(Br)ccc1OCCS(=O)(=O)CC. The van der Waals surface area contributed by atoms with Crippen LogP contribution in [-0.2, 0) is 16.3 Å². The summed E-state index contributed by atoms with van der Waals surface area (Å²) in [5, 5.41) is 0. The van der Waals surface area contributed by atoms with Crippen LogP contribution in [0.4, 0.5) is 0 Å². The largest absolute Gasteiger partial charge is 0.492 e. The summed E-state index contributed by atoms with van der Waals surface area (Å²) in [6, 6.07) is 5.77. The summed E-state index contributed by atoms with van der Waals surface area (Å²) >= 11 is 3.43. The molecule has 1 atom stereocenters. The van der Waals surface area contributed by atoms with E-state index in [1.165, 1.54) is 0 Å². The average Bonchev–Trinajstić information content (AvgIpc) is 2.41. The summed E-state index contributed by atoms with van der Waals surface area (Å²) in [4.78, 5) is 0. The first-order valence-corrected chi connectivity index (χ1v) is 9.36. The van der Waals surface area contributed by atoms with Gasteiger partial charge >= 0.3 is 0 Å². The summed E-state index contributed by atoms with van der Waals surface area (Å²) in [5.74, 6) is 0.895. The van der Waals surface area contributed by atoms with Gasteiger partial charge in [-0.05, 0) is 36.6 Å². The van der Waals surface area contributed by atoms with Gasteiger partial charge in [0, 0.05) is 16.3 Å². The molecular weight excluding hydrogens is 342 g/mol. The van der Waals surface area contributed by atoms with Crippen LogP contribution in [0.25, 0.3) is 0 Å². The van der Waals surface area contributed by atoms with Gasteiger partial charge in [0.2, 0.25) is 0 Å². The van der Waals surface area contributed by atoms with E-state index in [0.717, 1.165) is 16.5 Å². The van der Waals surface area contributed by atoms with E-state index in [4.69, 9.17) is 10.5 Å². The molecule has 4 nitrogen and oxygen atoms in total. The Labute approximate surface area is 129 Å². The number of halogens is 1. The fraction of sp³-hybridized carbons (Fsp3) is 0.571. The molecule has 1 aromatic rings. The highest BCUT2D eigenvalue weighted by molar-refractivity contribution is 9.10. The lowest BCUT2D eigenvalue weighted by atomic mass is 10.0. The summed E-state index contributed by atoms with van der Waals surface area (Å²) in [5.41, 5.74) is 6.98. The van der Waals surface area contributed by atoms with Crippen molar-refractivity contribution in [3.8, 4) is 5.75 Å². The van der Waals surface area contributed by atoms with Gasteiger partial charge < -0.3 is 10.5 Å². The highest BCUT2D eigenvalue weighted by atomic mass is 79.9. The van der Waals surface area contributed by atoms with Crippen LogP contribution in [0.5, 0.6) is 5.75 Å². The molecule has 1 aromatic carbocycles. The third-order valence-electron chi connectivity index (χ3n) is 3.12. The number of nitrogens with two attached hydrogens (primary N) is 1. The van der Waals surface area contributed by atoms with Crippen LogP contribution in [-0.4, -0.2) is 32.6 Å². The van der Waals surface area contributed by atoms with E-state index in [1.54, 1.807) is 6.92 Å². The number of benzene rings is 1. The van der Waals surface area contributed by atoms with Crippen LogP contribution < -0.4 is 10.5 Å². The number of rotatable bonds is 8. The molecule has 0 radical (unpaired) electrons. The third-order valence-corrected chi connectivity index (χ3v) is 5.28. The first-order chi connectivity index (χ1) is 9.38. The van der Waals surface area contributed by atoms with E-state index >= 15 is 0 Å². The number of sulfone groups is 1. The molecule has 0 fully saturated rings. The topological polar surface area (TPSA) is 69.4 Å². The molecule has 0 aromatic heterocycles. The molecule has 0 bridgehead atoms. The number of ether oxygens (including phenoxy) is 1. The second-order valence-electron chi connectivity index (χ2n) is 4.71. The summed E-state index contributed by atoms with van der Waals surface area (Å²) in [6.45, 7) is 3.85. The van der Waals surface area contributed by atoms with Gasteiger partial charge in [-0.15, -0.1) is 0 Å². The van der Waals surface area contributed by atoms with Crippen molar-refractivity contribution >= 4 is 25.8 Å². The van der Waals surface area contributed by atoms with Gasteiger partial charge in [-0.1, -0.05) is 29.8 Å². The third kappa shape index (κ3) is 5.81. The van der Waals surface area contributed by atoms with E-state index in [2.05, 4.69) is 15.9 Å². The molecule has 0 saturated carbocycles. The molecule has 0 heterocycles.